The fraction of sp³-hybridized carbons (Fsp3) is 0.524. The lowest BCUT2D eigenvalue weighted by molar-refractivity contribution is 0.0981. The van der Waals surface area contributed by atoms with E-state index >= 15 is 0 Å². The second kappa shape index (κ2) is 5.38. The van der Waals surface area contributed by atoms with E-state index in [1.54, 1.807) is 19.8 Å². The Hall–Kier alpha value is -1.74. The lowest BCUT2D eigenvalue weighted by atomic mass is 9.71. The second-order valence-corrected chi connectivity index (χ2v) is 7.56. The summed E-state index contributed by atoms with van der Waals surface area (Å²) in [5.74, 6) is 3.17. The Kier molecular flexibility index (Phi) is 3.27. The summed E-state index contributed by atoms with van der Waals surface area (Å²) in [7, 11) is 3.56. The molecular weight excluding hydrogens is 298 g/mol. The zero-order valence-corrected chi connectivity index (χ0v) is 14.5. The average Bonchev–Trinajstić information content (AvgIpc) is 3.01. The summed E-state index contributed by atoms with van der Waals surface area (Å²) in [6.45, 7) is 1.27. The van der Waals surface area contributed by atoms with Gasteiger partial charge in [-0.1, -0.05) is 11.6 Å². The van der Waals surface area contributed by atoms with Crippen LogP contribution in [0.15, 0.2) is 41.7 Å². The molecule has 6 rings (SSSR count). The van der Waals surface area contributed by atoms with E-state index in [1.165, 1.54) is 36.9 Å². The molecule has 1 aromatic rings. The number of methoxy groups -OCH3 is 2. The molecule has 4 atom stereocenters. The molecule has 0 unspecified atom stereocenters. The van der Waals surface area contributed by atoms with E-state index in [-0.39, 0.29) is 0 Å². The molecule has 0 N–H and O–H groups in total. The van der Waals surface area contributed by atoms with E-state index in [0.717, 1.165) is 17.9 Å². The first kappa shape index (κ1) is 14.6. The van der Waals surface area contributed by atoms with Crippen molar-refractivity contribution in [2.24, 2.45) is 5.92 Å². The Morgan fingerprint density at radius 1 is 1.12 bits per heavy atom. The number of rotatable bonds is 2. The average molecular weight is 323 g/mol. The lowest BCUT2D eigenvalue weighted by Gasteiger charge is -2.47. The zero-order chi connectivity index (χ0) is 16.3. The molecule has 126 valence electrons. The quantitative estimate of drug-likeness (QED) is 0.829. The Morgan fingerprint density at radius 3 is 2.88 bits per heavy atom. The summed E-state index contributed by atoms with van der Waals surface area (Å²) in [6, 6.07) is 8.03. The summed E-state index contributed by atoms with van der Waals surface area (Å²) in [4.78, 5) is 2.82. The monoisotopic (exact) mass is 323 g/mol. The maximum atomic E-state index is 5.58. The third kappa shape index (κ3) is 1.94. The van der Waals surface area contributed by atoms with Crippen molar-refractivity contribution in [3.8, 4) is 5.75 Å². The number of hydrogen-bond acceptors (Lipinski definition) is 3. The number of allylic oxidation sites excluding steroid dienone is 2. The highest BCUT2D eigenvalue weighted by molar-refractivity contribution is 5.50. The number of benzene rings is 1. The Bertz CT molecular complexity index is 735. The smallest absolute Gasteiger partial charge is 0.119 e. The predicted octanol–water partition coefficient (Wildman–Crippen LogP) is 3.66. The fourth-order valence-corrected chi connectivity index (χ4v) is 5.64. The van der Waals surface area contributed by atoms with Gasteiger partial charge in [0.25, 0.3) is 0 Å². The topological polar surface area (TPSA) is 21.7 Å². The molecule has 3 heterocycles. The Labute approximate surface area is 143 Å². The number of nitrogens with zero attached hydrogens (tertiary/aromatic N) is 1. The van der Waals surface area contributed by atoms with Crippen LogP contribution >= 0.6 is 0 Å². The van der Waals surface area contributed by atoms with Crippen LogP contribution in [0.25, 0.3) is 0 Å². The van der Waals surface area contributed by atoms with Crippen LogP contribution in [0.1, 0.15) is 36.3 Å². The van der Waals surface area contributed by atoms with Gasteiger partial charge in [-0.05, 0) is 67.6 Å². The molecule has 3 aliphatic heterocycles. The minimum Gasteiger partial charge on any atom is -0.497 e. The molecule has 2 bridgehead atoms. The van der Waals surface area contributed by atoms with Crippen LogP contribution in [0.2, 0.25) is 0 Å². The van der Waals surface area contributed by atoms with Crippen LogP contribution in [0.5, 0.6) is 5.75 Å². The van der Waals surface area contributed by atoms with Crippen LogP contribution in [0, 0.1) is 5.92 Å². The van der Waals surface area contributed by atoms with Gasteiger partial charge in [-0.25, -0.2) is 0 Å². The van der Waals surface area contributed by atoms with Crippen molar-refractivity contribution < 1.29 is 9.47 Å². The van der Waals surface area contributed by atoms with E-state index in [2.05, 4.69) is 35.3 Å². The third-order valence-electron chi connectivity index (χ3n) is 6.64. The Balaban J connectivity index is 1.70. The molecule has 0 radical (unpaired) electrons. The molecule has 0 aromatic heterocycles. The highest BCUT2D eigenvalue weighted by Crippen LogP contribution is 2.54. The lowest BCUT2D eigenvalue weighted by Crippen LogP contribution is -2.51. The van der Waals surface area contributed by atoms with Gasteiger partial charge in [-0.3, -0.25) is 4.90 Å². The zero-order valence-electron chi connectivity index (χ0n) is 14.5. The molecule has 0 spiro atoms. The van der Waals surface area contributed by atoms with Gasteiger partial charge in [0, 0.05) is 23.9 Å². The van der Waals surface area contributed by atoms with E-state index in [9.17, 15) is 0 Å². The van der Waals surface area contributed by atoms with E-state index < -0.39 is 0 Å². The van der Waals surface area contributed by atoms with Gasteiger partial charge in [0.1, 0.15) is 11.5 Å². The van der Waals surface area contributed by atoms with Gasteiger partial charge in [-0.2, -0.15) is 0 Å². The second-order valence-electron chi connectivity index (χ2n) is 7.56. The van der Waals surface area contributed by atoms with Gasteiger partial charge in [0.05, 0.1) is 14.2 Å². The van der Waals surface area contributed by atoms with Crippen molar-refractivity contribution in [1.82, 2.24) is 4.90 Å². The number of ether oxygens (including phenoxy) is 2. The largest absolute Gasteiger partial charge is 0.497 e. The van der Waals surface area contributed by atoms with Gasteiger partial charge in [0.2, 0.25) is 0 Å². The molecule has 3 nitrogen and oxygen atoms in total. The van der Waals surface area contributed by atoms with Crippen LogP contribution in [-0.4, -0.2) is 37.7 Å². The van der Waals surface area contributed by atoms with Crippen molar-refractivity contribution in [1.29, 1.82) is 0 Å². The summed E-state index contributed by atoms with van der Waals surface area (Å²) < 4.78 is 11.1. The summed E-state index contributed by atoms with van der Waals surface area (Å²) in [6.07, 6.45) is 9.56. The summed E-state index contributed by atoms with van der Waals surface area (Å²) in [5, 5.41) is 0. The normalized spacial score (nSPS) is 33.8. The summed E-state index contributed by atoms with van der Waals surface area (Å²) >= 11 is 0. The van der Waals surface area contributed by atoms with E-state index in [1.807, 2.05) is 0 Å². The molecule has 5 aliphatic rings. The van der Waals surface area contributed by atoms with Gasteiger partial charge in [0.15, 0.2) is 0 Å². The molecule has 2 fully saturated rings. The SMILES string of the molecule is COC1=CC[C@@H]2C(=C1)[C@@H]1c3cc(OC)ccc3C[C@@H]2N2CCC[C@@H]12. The van der Waals surface area contributed by atoms with Gasteiger partial charge < -0.3 is 9.47 Å². The fourth-order valence-electron chi connectivity index (χ4n) is 5.64. The molecule has 2 saturated heterocycles. The van der Waals surface area contributed by atoms with Crippen LogP contribution < -0.4 is 4.74 Å². The number of piperidine rings is 1. The third-order valence-corrected chi connectivity index (χ3v) is 6.64. The van der Waals surface area contributed by atoms with Crippen molar-refractivity contribution in [3.63, 3.8) is 0 Å². The van der Waals surface area contributed by atoms with Crippen molar-refractivity contribution >= 4 is 0 Å². The Morgan fingerprint density at radius 2 is 2.04 bits per heavy atom. The number of hydrogen-bond donors (Lipinski definition) is 0. The molecular formula is C21H25NO2. The minimum atomic E-state index is 0.500. The van der Waals surface area contributed by atoms with Crippen LogP contribution in [-0.2, 0) is 11.2 Å². The van der Waals surface area contributed by atoms with Crippen LogP contribution in [0.4, 0.5) is 0 Å². The maximum Gasteiger partial charge on any atom is 0.119 e. The molecule has 24 heavy (non-hydrogen) atoms. The first-order valence-corrected chi connectivity index (χ1v) is 9.18. The first-order chi connectivity index (χ1) is 11.8. The van der Waals surface area contributed by atoms with Crippen molar-refractivity contribution in [2.75, 3.05) is 20.8 Å². The van der Waals surface area contributed by atoms with Gasteiger partial charge >= 0.3 is 0 Å². The molecule has 0 saturated carbocycles. The van der Waals surface area contributed by atoms with Crippen LogP contribution in [0.3, 0.4) is 0 Å². The first-order valence-electron chi connectivity index (χ1n) is 9.18. The molecule has 3 heteroatoms. The molecule has 1 aromatic carbocycles. The van der Waals surface area contributed by atoms with Gasteiger partial charge in [-0.15, -0.1) is 0 Å². The van der Waals surface area contributed by atoms with Crippen molar-refractivity contribution in [2.45, 2.75) is 43.7 Å². The standard InChI is InChI=1S/C21H25NO2/c1-23-14-6-5-13-10-20-16-8-7-15(24-2)12-18(16)21(17(13)11-14)19-4-3-9-22(19)20/h5-7,11-12,16,19-21H,3-4,8-10H2,1-2H3/t16-,19+,20+,21+/m1/s1. The highest BCUT2D eigenvalue weighted by atomic mass is 16.5. The highest BCUT2D eigenvalue weighted by Gasteiger charge is 2.51. The minimum absolute atomic E-state index is 0.500. The van der Waals surface area contributed by atoms with E-state index in [4.69, 9.17) is 9.47 Å². The predicted molar refractivity (Wildman–Crippen MR) is 94.2 cm³/mol. The summed E-state index contributed by atoms with van der Waals surface area (Å²) in [5.41, 5.74) is 4.63. The molecule has 2 aliphatic carbocycles. The molecule has 0 amide bonds. The van der Waals surface area contributed by atoms with Crippen molar-refractivity contribution in [3.05, 3.63) is 52.8 Å². The maximum absolute atomic E-state index is 5.58. The van der Waals surface area contributed by atoms with E-state index in [0.29, 0.717) is 23.9 Å².